The number of hydrogen-bond donors (Lipinski definition) is 0. The molecule has 0 bridgehead atoms. The second-order valence-corrected chi connectivity index (χ2v) is 1.41. The fourth-order valence-electron chi connectivity index (χ4n) is 0.407. The number of nitrogens with zero attached hydrogens (tertiary/aromatic N) is 1. The zero-order valence-corrected chi connectivity index (χ0v) is 7.85. The zero-order chi connectivity index (χ0) is 5.11. The van der Waals surface area contributed by atoms with Crippen molar-refractivity contribution < 1.29 is 19.5 Å². The van der Waals surface area contributed by atoms with E-state index in [0.29, 0.717) is 0 Å². The summed E-state index contributed by atoms with van der Waals surface area (Å²) in [4.78, 5) is 3.85. The molecule has 1 aromatic rings. The van der Waals surface area contributed by atoms with Crippen LogP contribution in [0.1, 0.15) is 5.69 Å². The average molecular weight is 158 g/mol. The van der Waals surface area contributed by atoms with E-state index in [1.807, 2.05) is 19.1 Å². The topological polar surface area (TPSA) is 12.9 Å². The van der Waals surface area contributed by atoms with E-state index in [-0.39, 0.29) is 19.5 Å². The first kappa shape index (κ1) is 7.77. The van der Waals surface area contributed by atoms with Gasteiger partial charge in [0.1, 0.15) is 0 Å². The van der Waals surface area contributed by atoms with Gasteiger partial charge >= 0.3 is 0 Å². The summed E-state index contributed by atoms with van der Waals surface area (Å²) in [6, 6.07) is 5.64. The van der Waals surface area contributed by atoms with Gasteiger partial charge in [0.05, 0.1) is 6.20 Å². The van der Waals surface area contributed by atoms with Crippen LogP contribution in [0, 0.1) is 13.1 Å². The van der Waals surface area contributed by atoms with Gasteiger partial charge in [-0.3, -0.25) is 4.98 Å². The van der Waals surface area contributed by atoms with Crippen LogP contribution < -0.4 is 0 Å². The molecule has 0 spiro atoms. The first-order valence-corrected chi connectivity index (χ1v) is 2.19. The Bertz CT molecular complexity index is 138. The van der Waals surface area contributed by atoms with E-state index in [1.165, 1.54) is 0 Å². The Hall–Kier alpha value is -0.227. The predicted molar refractivity (Wildman–Crippen MR) is 27.8 cm³/mol. The van der Waals surface area contributed by atoms with Crippen LogP contribution in [0.5, 0.6) is 0 Å². The summed E-state index contributed by atoms with van der Waals surface area (Å²) < 4.78 is 0. The van der Waals surface area contributed by atoms with E-state index in [2.05, 4.69) is 11.2 Å². The summed E-state index contributed by atoms with van der Waals surface area (Å²) in [7, 11) is 0. The van der Waals surface area contributed by atoms with Crippen molar-refractivity contribution >= 4 is 0 Å². The van der Waals surface area contributed by atoms with Gasteiger partial charge in [0.25, 0.3) is 0 Å². The number of hydrogen-bond acceptors (Lipinski definition) is 1. The van der Waals surface area contributed by atoms with Crippen molar-refractivity contribution in [3.05, 3.63) is 30.1 Å². The smallest absolute Gasteiger partial charge is 0.0889 e. The molecule has 0 aliphatic heterocycles. The molecule has 0 atom stereocenters. The minimum Gasteiger partial charge on any atom is -0.251 e. The first-order valence-electron chi connectivity index (χ1n) is 2.19. The summed E-state index contributed by atoms with van der Waals surface area (Å²) in [5.74, 6) is 0. The Morgan fingerprint density at radius 2 is 2.38 bits per heavy atom. The van der Waals surface area contributed by atoms with Crippen molar-refractivity contribution in [2.75, 3.05) is 0 Å². The van der Waals surface area contributed by atoms with Gasteiger partial charge in [0.2, 0.25) is 0 Å². The van der Waals surface area contributed by atoms with Crippen molar-refractivity contribution in [1.29, 1.82) is 0 Å². The third kappa shape index (κ3) is 2.18. The van der Waals surface area contributed by atoms with Crippen molar-refractivity contribution in [2.24, 2.45) is 0 Å². The van der Waals surface area contributed by atoms with E-state index in [0.717, 1.165) is 5.69 Å². The predicted octanol–water partition coefficient (Wildman–Crippen LogP) is 1.19. The van der Waals surface area contributed by atoms with Gasteiger partial charge in [0, 0.05) is 25.2 Å². The fraction of sp³-hybridized carbons (Fsp3) is 0.167. The van der Waals surface area contributed by atoms with Crippen molar-refractivity contribution in [3.8, 4) is 0 Å². The molecule has 0 aliphatic rings. The quantitative estimate of drug-likeness (QED) is 0.516. The summed E-state index contributed by atoms with van der Waals surface area (Å²) in [6.07, 6.45) is 2.71. The Morgan fingerprint density at radius 1 is 1.62 bits per heavy atom. The van der Waals surface area contributed by atoms with Crippen LogP contribution in [0.4, 0.5) is 0 Å². The second kappa shape index (κ2) is 3.74. The van der Waals surface area contributed by atoms with Crippen LogP contribution in [-0.2, 0) is 19.5 Å². The molecule has 1 radical (unpaired) electrons. The molecule has 37 valence electrons. The maximum absolute atomic E-state index is 3.85. The number of rotatable bonds is 0. The second-order valence-electron chi connectivity index (χ2n) is 1.41. The van der Waals surface area contributed by atoms with Gasteiger partial charge < -0.3 is 0 Å². The Labute approximate surface area is 61.9 Å². The molecule has 8 heavy (non-hydrogen) atoms. The Kier molecular flexibility index (Phi) is 3.63. The molecular formula is C6H6NZn. The van der Waals surface area contributed by atoms with Gasteiger partial charge in [0.15, 0.2) is 0 Å². The first-order chi connectivity index (χ1) is 3.39. The maximum atomic E-state index is 3.85. The fourth-order valence-corrected chi connectivity index (χ4v) is 0.407. The molecule has 1 heterocycles. The minimum atomic E-state index is 0. The van der Waals surface area contributed by atoms with Crippen molar-refractivity contribution in [3.63, 3.8) is 0 Å². The number of pyridine rings is 1. The molecule has 1 rings (SSSR count). The SMILES string of the molecule is Cc1ccc[c]n1.[Zn]. The van der Waals surface area contributed by atoms with E-state index in [9.17, 15) is 0 Å². The van der Waals surface area contributed by atoms with Gasteiger partial charge in [-0.25, -0.2) is 0 Å². The third-order valence-corrected chi connectivity index (χ3v) is 0.749. The summed E-state index contributed by atoms with van der Waals surface area (Å²) in [5.41, 5.74) is 1.02. The van der Waals surface area contributed by atoms with Gasteiger partial charge in [-0.15, -0.1) is 0 Å². The van der Waals surface area contributed by atoms with Gasteiger partial charge in [-0.2, -0.15) is 0 Å². The van der Waals surface area contributed by atoms with E-state index in [4.69, 9.17) is 0 Å². The zero-order valence-electron chi connectivity index (χ0n) is 4.89. The van der Waals surface area contributed by atoms with E-state index < -0.39 is 0 Å². The molecular weight excluding hydrogens is 151 g/mol. The van der Waals surface area contributed by atoms with Crippen molar-refractivity contribution in [1.82, 2.24) is 4.98 Å². The summed E-state index contributed by atoms with van der Waals surface area (Å²) in [5, 5.41) is 0. The molecule has 2 heteroatoms. The minimum absolute atomic E-state index is 0. The van der Waals surface area contributed by atoms with Crippen LogP contribution in [0.2, 0.25) is 0 Å². The van der Waals surface area contributed by atoms with Crippen LogP contribution in [0.15, 0.2) is 18.2 Å². The van der Waals surface area contributed by atoms with Crippen LogP contribution >= 0.6 is 0 Å². The molecule has 0 aliphatic carbocycles. The Morgan fingerprint density at radius 3 is 2.62 bits per heavy atom. The summed E-state index contributed by atoms with van der Waals surface area (Å²) in [6.45, 7) is 1.94. The molecule has 0 N–H and O–H groups in total. The van der Waals surface area contributed by atoms with Crippen LogP contribution in [0.25, 0.3) is 0 Å². The number of aryl methyl sites for hydroxylation is 1. The van der Waals surface area contributed by atoms with E-state index in [1.54, 1.807) is 6.07 Å². The van der Waals surface area contributed by atoms with Gasteiger partial charge in [-0.1, -0.05) is 6.07 Å². The standard InChI is InChI=1S/C6H6N.Zn/c1-6-4-2-3-5-7-6;/h2-4H,1H3;. The largest absolute Gasteiger partial charge is 0.251 e. The summed E-state index contributed by atoms with van der Waals surface area (Å²) >= 11 is 0. The molecule has 0 saturated heterocycles. The molecule has 1 nitrogen and oxygen atoms in total. The molecule has 0 saturated carbocycles. The van der Waals surface area contributed by atoms with Gasteiger partial charge in [-0.05, 0) is 19.1 Å². The molecule has 0 amide bonds. The molecule has 0 fully saturated rings. The van der Waals surface area contributed by atoms with Crippen molar-refractivity contribution in [2.45, 2.75) is 6.92 Å². The molecule has 1 aromatic heterocycles. The van der Waals surface area contributed by atoms with Crippen LogP contribution in [0.3, 0.4) is 0 Å². The average Bonchev–Trinajstić information content (AvgIpc) is 1.69. The normalized spacial score (nSPS) is 7.62. The van der Waals surface area contributed by atoms with E-state index >= 15 is 0 Å². The monoisotopic (exact) mass is 156 g/mol. The maximum Gasteiger partial charge on any atom is 0.0889 e. The van der Waals surface area contributed by atoms with Crippen LogP contribution in [-0.4, -0.2) is 4.98 Å². The molecule has 0 unspecified atom stereocenters. The third-order valence-electron chi connectivity index (χ3n) is 0.749. The molecule has 0 aromatic carbocycles. The Balaban J connectivity index is 0.000000490. The number of aromatic nitrogens is 1.